The lowest BCUT2D eigenvalue weighted by Crippen LogP contribution is -2.33. The molecule has 2 N–H and O–H groups in total. The fourth-order valence-electron chi connectivity index (χ4n) is 4.08. The molecular formula is C24H19ClF3NO3. The molecule has 0 bridgehead atoms. The first kappa shape index (κ1) is 22.2. The Hall–Kier alpha value is -3.03. The Bertz CT molecular complexity index is 1100. The molecule has 4 nitrogen and oxygen atoms in total. The van der Waals surface area contributed by atoms with Crippen molar-refractivity contribution < 1.29 is 27.8 Å². The first-order valence-electron chi connectivity index (χ1n) is 9.88. The molecule has 0 spiro atoms. The minimum absolute atomic E-state index is 0.00472. The molecule has 32 heavy (non-hydrogen) atoms. The highest BCUT2D eigenvalue weighted by Crippen LogP contribution is 2.44. The van der Waals surface area contributed by atoms with Crippen LogP contribution in [0.2, 0.25) is 5.02 Å². The molecule has 4 rings (SSSR count). The van der Waals surface area contributed by atoms with Crippen molar-refractivity contribution in [2.24, 2.45) is 0 Å². The molecule has 1 aliphatic carbocycles. The van der Waals surface area contributed by atoms with Crippen molar-refractivity contribution in [3.05, 3.63) is 94.0 Å². The molecule has 0 heterocycles. The number of hydrogen-bond acceptors (Lipinski definition) is 3. The van der Waals surface area contributed by atoms with E-state index < -0.39 is 30.5 Å². The molecule has 8 heteroatoms. The molecule has 0 fully saturated rings. The molecular weight excluding hydrogens is 443 g/mol. The van der Waals surface area contributed by atoms with Crippen LogP contribution in [0.3, 0.4) is 0 Å². The number of alkyl halides is 3. The summed E-state index contributed by atoms with van der Waals surface area (Å²) in [7, 11) is 0. The number of nitrogens with one attached hydrogen (secondary N) is 1. The predicted octanol–water partition coefficient (Wildman–Crippen LogP) is 5.93. The van der Waals surface area contributed by atoms with Gasteiger partial charge in [0.25, 0.3) is 0 Å². The van der Waals surface area contributed by atoms with Crippen LogP contribution in [0.5, 0.6) is 0 Å². The van der Waals surface area contributed by atoms with E-state index >= 15 is 0 Å². The van der Waals surface area contributed by atoms with Crippen LogP contribution < -0.4 is 5.32 Å². The van der Waals surface area contributed by atoms with Gasteiger partial charge in [-0.15, -0.1) is 0 Å². The molecule has 1 amide bonds. The van der Waals surface area contributed by atoms with Crippen LogP contribution in [0.4, 0.5) is 18.0 Å². The number of halogens is 4. The maximum Gasteiger partial charge on any atom is 0.416 e. The maximum absolute atomic E-state index is 13.4. The quantitative estimate of drug-likeness (QED) is 0.495. The smallest absolute Gasteiger partial charge is 0.416 e. The van der Waals surface area contributed by atoms with Gasteiger partial charge < -0.3 is 15.2 Å². The SMILES string of the molecule is O=C(NC(CO)c1ccc(Cl)cc1C(F)(F)F)OCC1c2ccccc2-c2ccccc21. The third-order valence-electron chi connectivity index (χ3n) is 5.51. The molecule has 0 aliphatic heterocycles. The summed E-state index contributed by atoms with van der Waals surface area (Å²) in [5.74, 6) is -0.193. The lowest BCUT2D eigenvalue weighted by molar-refractivity contribution is -0.138. The molecule has 1 unspecified atom stereocenters. The van der Waals surface area contributed by atoms with Crippen molar-refractivity contribution in [3.63, 3.8) is 0 Å². The summed E-state index contributed by atoms with van der Waals surface area (Å²) >= 11 is 5.71. The van der Waals surface area contributed by atoms with Crippen LogP contribution in [0, 0.1) is 0 Å². The van der Waals surface area contributed by atoms with Crippen LogP contribution >= 0.6 is 11.6 Å². The van der Waals surface area contributed by atoms with Gasteiger partial charge in [0.05, 0.1) is 18.2 Å². The monoisotopic (exact) mass is 461 g/mol. The second kappa shape index (κ2) is 8.84. The number of ether oxygens (including phenoxy) is 1. The molecule has 3 aromatic rings. The average molecular weight is 462 g/mol. The summed E-state index contributed by atoms with van der Waals surface area (Å²) in [6.45, 7) is -0.736. The van der Waals surface area contributed by atoms with E-state index in [4.69, 9.17) is 16.3 Å². The largest absolute Gasteiger partial charge is 0.449 e. The van der Waals surface area contributed by atoms with E-state index in [-0.39, 0.29) is 23.1 Å². The van der Waals surface area contributed by atoms with Crippen molar-refractivity contribution in [1.82, 2.24) is 5.32 Å². The molecule has 0 aromatic heterocycles. The number of aliphatic hydroxyl groups is 1. The number of alkyl carbamates (subject to hydrolysis) is 1. The Balaban J connectivity index is 1.50. The van der Waals surface area contributed by atoms with Gasteiger partial charge in [0.2, 0.25) is 0 Å². The number of rotatable bonds is 5. The number of benzene rings is 3. The van der Waals surface area contributed by atoms with Crippen molar-refractivity contribution in [3.8, 4) is 11.1 Å². The zero-order chi connectivity index (χ0) is 22.9. The summed E-state index contributed by atoms with van der Waals surface area (Å²) in [5.41, 5.74) is 2.82. The number of hydrogen-bond donors (Lipinski definition) is 2. The molecule has 0 saturated heterocycles. The van der Waals surface area contributed by atoms with Crippen LogP contribution in [-0.2, 0) is 10.9 Å². The highest BCUT2D eigenvalue weighted by Gasteiger charge is 2.36. The minimum Gasteiger partial charge on any atom is -0.449 e. The van der Waals surface area contributed by atoms with E-state index in [1.807, 2.05) is 48.5 Å². The normalized spacial score (nSPS) is 13.9. The van der Waals surface area contributed by atoms with Gasteiger partial charge in [0.15, 0.2) is 0 Å². The van der Waals surface area contributed by atoms with Crippen molar-refractivity contribution in [2.75, 3.05) is 13.2 Å². The lowest BCUT2D eigenvalue weighted by Gasteiger charge is -2.22. The van der Waals surface area contributed by atoms with Gasteiger partial charge in [-0.1, -0.05) is 66.2 Å². The Labute approximate surface area is 187 Å². The topological polar surface area (TPSA) is 58.6 Å². The summed E-state index contributed by atoms with van der Waals surface area (Å²) in [6.07, 6.45) is -5.62. The number of fused-ring (bicyclic) bond motifs is 3. The van der Waals surface area contributed by atoms with Crippen LogP contribution in [0.1, 0.15) is 34.2 Å². The van der Waals surface area contributed by atoms with Gasteiger partial charge in [0.1, 0.15) is 6.61 Å². The second-order valence-electron chi connectivity index (χ2n) is 7.43. The zero-order valence-corrected chi connectivity index (χ0v) is 17.5. The van der Waals surface area contributed by atoms with Gasteiger partial charge in [-0.25, -0.2) is 4.79 Å². The highest BCUT2D eigenvalue weighted by molar-refractivity contribution is 6.30. The zero-order valence-electron chi connectivity index (χ0n) is 16.7. The van der Waals surface area contributed by atoms with Gasteiger partial charge in [-0.05, 0) is 39.9 Å². The molecule has 1 aliphatic rings. The Morgan fingerprint density at radius 2 is 1.62 bits per heavy atom. The third kappa shape index (κ3) is 4.31. The molecule has 0 radical (unpaired) electrons. The average Bonchev–Trinajstić information content (AvgIpc) is 3.09. The summed E-state index contributed by atoms with van der Waals surface area (Å²) in [6, 6.07) is 17.4. The van der Waals surface area contributed by atoms with Crippen LogP contribution in [0.15, 0.2) is 66.7 Å². The first-order valence-corrected chi connectivity index (χ1v) is 10.3. The molecule has 0 saturated carbocycles. The number of amides is 1. The number of aliphatic hydroxyl groups excluding tert-OH is 1. The Morgan fingerprint density at radius 1 is 1.03 bits per heavy atom. The van der Waals surface area contributed by atoms with Crippen LogP contribution in [0.25, 0.3) is 11.1 Å². The van der Waals surface area contributed by atoms with E-state index in [9.17, 15) is 23.1 Å². The number of carbonyl (C=O) groups is 1. The van der Waals surface area contributed by atoms with Gasteiger partial charge >= 0.3 is 12.3 Å². The molecule has 1 atom stereocenters. The molecule has 166 valence electrons. The second-order valence-corrected chi connectivity index (χ2v) is 7.87. The maximum atomic E-state index is 13.4. The van der Waals surface area contributed by atoms with Gasteiger partial charge in [-0.3, -0.25) is 0 Å². The Morgan fingerprint density at radius 3 is 2.19 bits per heavy atom. The van der Waals surface area contributed by atoms with Crippen molar-refractivity contribution in [1.29, 1.82) is 0 Å². The summed E-state index contributed by atoms with van der Waals surface area (Å²) in [4.78, 5) is 12.4. The van der Waals surface area contributed by atoms with E-state index in [1.54, 1.807) is 0 Å². The van der Waals surface area contributed by atoms with Crippen molar-refractivity contribution >= 4 is 17.7 Å². The summed E-state index contributed by atoms with van der Waals surface area (Å²) in [5, 5.41) is 11.9. The Kier molecular flexibility index (Phi) is 6.13. The number of carbonyl (C=O) groups excluding carboxylic acids is 1. The van der Waals surface area contributed by atoms with E-state index in [1.165, 1.54) is 6.07 Å². The first-order chi connectivity index (χ1) is 15.3. The fraction of sp³-hybridized carbons (Fsp3) is 0.208. The minimum atomic E-state index is -4.70. The molecule has 3 aromatic carbocycles. The van der Waals surface area contributed by atoms with Crippen molar-refractivity contribution in [2.45, 2.75) is 18.1 Å². The van der Waals surface area contributed by atoms with Gasteiger partial charge in [0, 0.05) is 10.9 Å². The van der Waals surface area contributed by atoms with Crippen LogP contribution in [-0.4, -0.2) is 24.4 Å². The van der Waals surface area contributed by atoms with E-state index in [0.29, 0.717) is 0 Å². The third-order valence-corrected chi connectivity index (χ3v) is 5.75. The fourth-order valence-corrected chi connectivity index (χ4v) is 4.25. The predicted molar refractivity (Wildman–Crippen MR) is 114 cm³/mol. The summed E-state index contributed by atoms with van der Waals surface area (Å²) < 4.78 is 45.6. The highest BCUT2D eigenvalue weighted by atomic mass is 35.5. The van der Waals surface area contributed by atoms with Gasteiger partial charge in [-0.2, -0.15) is 13.2 Å². The standard InChI is InChI=1S/C24H19ClF3NO3/c25-14-9-10-19(21(11-14)24(26,27)28)22(12-30)29-23(31)32-13-20-17-7-3-1-5-15(17)16-6-2-4-8-18(16)20/h1-11,20,22,30H,12-13H2,(H,29,31). The lowest BCUT2D eigenvalue weighted by atomic mass is 9.98. The van der Waals surface area contributed by atoms with E-state index in [2.05, 4.69) is 5.32 Å². The van der Waals surface area contributed by atoms with E-state index in [0.717, 1.165) is 34.4 Å².